The van der Waals surface area contributed by atoms with Gasteiger partial charge in [-0.2, -0.15) is 0 Å². The number of hydrogen-bond acceptors (Lipinski definition) is 4. The highest BCUT2D eigenvalue weighted by Gasteiger charge is 2.06. The summed E-state index contributed by atoms with van der Waals surface area (Å²) in [4.78, 5) is 21.5. The number of non-ortho nitro benzene ring substituents is 1. The molecule has 0 heterocycles. The van der Waals surface area contributed by atoms with Gasteiger partial charge in [0.15, 0.2) is 0 Å². The molecule has 0 N–H and O–H groups in total. The fourth-order valence-corrected chi connectivity index (χ4v) is 1.48. The zero-order valence-electron chi connectivity index (χ0n) is 11.1. The van der Waals surface area contributed by atoms with Gasteiger partial charge in [0.05, 0.1) is 11.5 Å². The molecule has 0 aromatic heterocycles. The van der Waals surface area contributed by atoms with Crippen LogP contribution in [0.3, 0.4) is 0 Å². The van der Waals surface area contributed by atoms with Crippen molar-refractivity contribution in [1.29, 1.82) is 0 Å². The number of nitrogens with zero attached hydrogens (tertiary/aromatic N) is 1. The maximum atomic E-state index is 11.4. The molecule has 0 aliphatic rings. The van der Waals surface area contributed by atoms with Gasteiger partial charge < -0.3 is 4.74 Å². The van der Waals surface area contributed by atoms with Crippen molar-refractivity contribution in [1.82, 2.24) is 0 Å². The number of nitro groups is 1. The Morgan fingerprint density at radius 1 is 1.47 bits per heavy atom. The maximum absolute atomic E-state index is 11.4. The third kappa shape index (κ3) is 4.91. The van der Waals surface area contributed by atoms with E-state index in [9.17, 15) is 14.9 Å². The summed E-state index contributed by atoms with van der Waals surface area (Å²) in [6.07, 6.45) is 4.76. The molecule has 1 aromatic rings. The van der Waals surface area contributed by atoms with Crippen LogP contribution in [0.5, 0.6) is 0 Å². The van der Waals surface area contributed by atoms with Crippen LogP contribution in [0.25, 0.3) is 6.08 Å². The van der Waals surface area contributed by atoms with Crippen LogP contribution >= 0.6 is 0 Å². The Morgan fingerprint density at radius 3 is 2.79 bits per heavy atom. The lowest BCUT2D eigenvalue weighted by Gasteiger charge is -2.01. The summed E-state index contributed by atoms with van der Waals surface area (Å²) < 4.78 is 4.97. The third-order valence-corrected chi connectivity index (χ3v) is 2.61. The molecule has 5 nitrogen and oxygen atoms in total. The van der Waals surface area contributed by atoms with E-state index in [4.69, 9.17) is 4.74 Å². The van der Waals surface area contributed by atoms with Crippen molar-refractivity contribution < 1.29 is 14.5 Å². The molecule has 0 spiro atoms. The summed E-state index contributed by atoms with van der Waals surface area (Å²) in [6.45, 7) is 4.19. The van der Waals surface area contributed by atoms with Crippen molar-refractivity contribution in [2.24, 2.45) is 0 Å². The van der Waals surface area contributed by atoms with E-state index >= 15 is 0 Å². The normalized spacial score (nSPS) is 10.6. The number of unbranched alkanes of at least 4 members (excludes halogenated alkanes) is 1. The molecule has 0 saturated carbocycles. The van der Waals surface area contributed by atoms with Crippen LogP contribution in [0, 0.1) is 17.0 Å². The third-order valence-electron chi connectivity index (χ3n) is 2.61. The number of ether oxygens (including phenoxy) is 1. The van der Waals surface area contributed by atoms with Crippen LogP contribution in [0.2, 0.25) is 0 Å². The van der Waals surface area contributed by atoms with E-state index in [-0.39, 0.29) is 5.69 Å². The topological polar surface area (TPSA) is 69.4 Å². The molecule has 0 aliphatic heterocycles. The first kappa shape index (κ1) is 14.9. The predicted molar refractivity (Wildman–Crippen MR) is 72.7 cm³/mol. The van der Waals surface area contributed by atoms with Crippen molar-refractivity contribution in [3.8, 4) is 0 Å². The number of rotatable bonds is 6. The molecule has 5 heteroatoms. The number of nitro benzene ring substituents is 1. The van der Waals surface area contributed by atoms with E-state index in [2.05, 4.69) is 0 Å². The lowest BCUT2D eigenvalue weighted by molar-refractivity contribution is -0.384. The van der Waals surface area contributed by atoms with E-state index < -0.39 is 10.9 Å². The standard InChI is InChI=1S/C14H17NO4/c1-3-4-9-19-14(16)8-6-12-5-7-13(15(17)18)10-11(12)2/h5-8,10H,3-4,9H2,1-2H3/b8-6+. The van der Waals surface area contributed by atoms with Crippen LogP contribution in [0.1, 0.15) is 30.9 Å². The average Bonchev–Trinajstić information content (AvgIpc) is 2.37. The monoisotopic (exact) mass is 263 g/mol. The van der Waals surface area contributed by atoms with Crippen molar-refractivity contribution in [2.75, 3.05) is 6.61 Å². The van der Waals surface area contributed by atoms with Crippen LogP contribution in [-0.4, -0.2) is 17.5 Å². The fraction of sp³-hybridized carbons (Fsp3) is 0.357. The molecule has 0 radical (unpaired) electrons. The van der Waals surface area contributed by atoms with Gasteiger partial charge in [-0.1, -0.05) is 13.3 Å². The quantitative estimate of drug-likeness (QED) is 0.260. The van der Waals surface area contributed by atoms with E-state index in [0.29, 0.717) is 6.61 Å². The maximum Gasteiger partial charge on any atom is 0.330 e. The van der Waals surface area contributed by atoms with Gasteiger partial charge in [-0.25, -0.2) is 4.79 Å². The number of carbonyl (C=O) groups is 1. The molecule has 1 aromatic carbocycles. The molecule has 0 aliphatic carbocycles. The lowest BCUT2D eigenvalue weighted by atomic mass is 10.1. The number of carbonyl (C=O) groups excluding carboxylic acids is 1. The van der Waals surface area contributed by atoms with E-state index in [1.165, 1.54) is 18.2 Å². The highest BCUT2D eigenvalue weighted by Crippen LogP contribution is 2.18. The summed E-state index contributed by atoms with van der Waals surface area (Å²) in [6, 6.07) is 4.50. The first-order chi connectivity index (χ1) is 9.04. The molecule has 0 amide bonds. The molecule has 0 saturated heterocycles. The largest absolute Gasteiger partial charge is 0.463 e. The van der Waals surface area contributed by atoms with E-state index in [1.54, 1.807) is 19.1 Å². The van der Waals surface area contributed by atoms with Crippen molar-refractivity contribution in [3.05, 3.63) is 45.5 Å². The Kier molecular flexibility index (Phi) is 5.73. The number of esters is 1. The Hall–Kier alpha value is -2.17. The molecule has 102 valence electrons. The molecule has 19 heavy (non-hydrogen) atoms. The van der Waals surface area contributed by atoms with Gasteiger partial charge in [-0.05, 0) is 36.6 Å². The Balaban J connectivity index is 2.66. The second-order valence-corrected chi connectivity index (χ2v) is 4.15. The zero-order chi connectivity index (χ0) is 14.3. The Labute approximate surface area is 112 Å². The Morgan fingerprint density at radius 2 is 2.21 bits per heavy atom. The minimum atomic E-state index is -0.445. The summed E-state index contributed by atoms with van der Waals surface area (Å²) in [5.74, 6) is -0.397. The Bertz CT molecular complexity index is 494. The van der Waals surface area contributed by atoms with Crippen LogP contribution < -0.4 is 0 Å². The van der Waals surface area contributed by atoms with Crippen molar-refractivity contribution >= 4 is 17.7 Å². The van der Waals surface area contributed by atoms with Crippen LogP contribution in [0.15, 0.2) is 24.3 Å². The van der Waals surface area contributed by atoms with Gasteiger partial charge in [0, 0.05) is 18.2 Å². The highest BCUT2D eigenvalue weighted by atomic mass is 16.6. The second kappa shape index (κ2) is 7.31. The van der Waals surface area contributed by atoms with Gasteiger partial charge in [-0.3, -0.25) is 10.1 Å². The van der Waals surface area contributed by atoms with Gasteiger partial charge in [-0.15, -0.1) is 0 Å². The molecule has 0 atom stereocenters. The predicted octanol–water partition coefficient (Wildman–Crippen LogP) is 3.26. The lowest BCUT2D eigenvalue weighted by Crippen LogP contribution is -2.01. The first-order valence-electron chi connectivity index (χ1n) is 6.14. The summed E-state index contributed by atoms with van der Waals surface area (Å²) in [5.41, 5.74) is 1.55. The molecule has 0 fully saturated rings. The molecular weight excluding hydrogens is 246 g/mol. The van der Waals surface area contributed by atoms with Gasteiger partial charge in [0.25, 0.3) is 5.69 Å². The molecular formula is C14H17NO4. The first-order valence-corrected chi connectivity index (χ1v) is 6.14. The molecule has 0 bridgehead atoms. The summed E-state index contributed by atoms with van der Waals surface area (Å²) in [5, 5.41) is 10.6. The zero-order valence-corrected chi connectivity index (χ0v) is 11.1. The number of aryl methyl sites for hydroxylation is 1. The van der Waals surface area contributed by atoms with Gasteiger partial charge >= 0.3 is 5.97 Å². The summed E-state index contributed by atoms with van der Waals surface area (Å²) in [7, 11) is 0. The minimum Gasteiger partial charge on any atom is -0.463 e. The fourth-order valence-electron chi connectivity index (χ4n) is 1.48. The summed E-state index contributed by atoms with van der Waals surface area (Å²) >= 11 is 0. The minimum absolute atomic E-state index is 0.0418. The highest BCUT2D eigenvalue weighted by molar-refractivity contribution is 5.87. The number of hydrogen-bond donors (Lipinski definition) is 0. The average molecular weight is 263 g/mol. The van der Waals surface area contributed by atoms with E-state index in [0.717, 1.165) is 24.0 Å². The van der Waals surface area contributed by atoms with Crippen LogP contribution in [-0.2, 0) is 9.53 Å². The van der Waals surface area contributed by atoms with Crippen molar-refractivity contribution in [2.45, 2.75) is 26.7 Å². The second-order valence-electron chi connectivity index (χ2n) is 4.15. The van der Waals surface area contributed by atoms with Crippen molar-refractivity contribution in [3.63, 3.8) is 0 Å². The molecule has 1 rings (SSSR count). The SMILES string of the molecule is CCCCOC(=O)/C=C/c1ccc([N+](=O)[O-])cc1C. The van der Waals surface area contributed by atoms with E-state index in [1.807, 2.05) is 6.92 Å². The van der Waals surface area contributed by atoms with Gasteiger partial charge in [0.1, 0.15) is 0 Å². The number of benzene rings is 1. The van der Waals surface area contributed by atoms with Gasteiger partial charge in [0.2, 0.25) is 0 Å². The molecule has 0 unspecified atom stereocenters. The van der Waals surface area contributed by atoms with Crippen LogP contribution in [0.4, 0.5) is 5.69 Å². The smallest absolute Gasteiger partial charge is 0.330 e.